The predicted octanol–water partition coefficient (Wildman–Crippen LogP) is 2.72. The van der Waals surface area contributed by atoms with Crippen LogP contribution in [0.5, 0.6) is 0 Å². The lowest BCUT2D eigenvalue weighted by atomic mass is 10.00. The topological polar surface area (TPSA) is 95.6 Å². The van der Waals surface area contributed by atoms with Gasteiger partial charge in [-0.15, -0.1) is 0 Å². The van der Waals surface area contributed by atoms with Gasteiger partial charge in [-0.05, 0) is 49.9 Å². The molecular formula is C24H31N3O4S. The Bertz CT molecular complexity index is 1030. The SMILES string of the molecule is Cc1ccc(S(=O)(=O)NC(C(=O)N2CCC(NC(=O)c3ccccc3)CC2)C(C)C)cc1. The highest BCUT2D eigenvalue weighted by Gasteiger charge is 2.33. The maximum Gasteiger partial charge on any atom is 0.251 e. The van der Waals surface area contributed by atoms with E-state index in [-0.39, 0.29) is 28.7 Å². The Morgan fingerprint density at radius 3 is 2.12 bits per heavy atom. The van der Waals surface area contributed by atoms with E-state index in [0.717, 1.165) is 5.56 Å². The van der Waals surface area contributed by atoms with Crippen LogP contribution in [0.1, 0.15) is 42.6 Å². The first kappa shape index (κ1) is 23.9. The summed E-state index contributed by atoms with van der Waals surface area (Å²) in [6, 6.07) is 14.7. The van der Waals surface area contributed by atoms with Gasteiger partial charge in [-0.25, -0.2) is 8.42 Å². The molecule has 2 amide bonds. The van der Waals surface area contributed by atoms with E-state index in [1.54, 1.807) is 41.3 Å². The molecular weight excluding hydrogens is 426 g/mol. The average Bonchev–Trinajstić information content (AvgIpc) is 2.78. The summed E-state index contributed by atoms with van der Waals surface area (Å²) in [4.78, 5) is 27.4. The molecule has 8 heteroatoms. The number of aryl methyl sites for hydroxylation is 1. The smallest absolute Gasteiger partial charge is 0.251 e. The number of hydrogen-bond acceptors (Lipinski definition) is 4. The Labute approximate surface area is 190 Å². The lowest BCUT2D eigenvalue weighted by Gasteiger charge is -2.35. The molecule has 1 fully saturated rings. The van der Waals surface area contributed by atoms with E-state index in [0.29, 0.717) is 31.5 Å². The first-order chi connectivity index (χ1) is 15.2. The van der Waals surface area contributed by atoms with Gasteiger partial charge in [-0.2, -0.15) is 4.72 Å². The van der Waals surface area contributed by atoms with Gasteiger partial charge < -0.3 is 10.2 Å². The number of piperidine rings is 1. The van der Waals surface area contributed by atoms with Crippen molar-refractivity contribution in [3.8, 4) is 0 Å². The highest BCUT2D eigenvalue weighted by Crippen LogP contribution is 2.18. The third-order valence-electron chi connectivity index (χ3n) is 5.72. The van der Waals surface area contributed by atoms with E-state index < -0.39 is 16.1 Å². The molecule has 0 saturated carbocycles. The summed E-state index contributed by atoms with van der Waals surface area (Å²) in [6.07, 6.45) is 1.25. The minimum absolute atomic E-state index is 0.0199. The van der Waals surface area contributed by atoms with Gasteiger partial charge in [-0.3, -0.25) is 9.59 Å². The number of hydrogen-bond donors (Lipinski definition) is 2. The fraction of sp³-hybridized carbons (Fsp3) is 0.417. The standard InChI is InChI=1S/C24H31N3O4S/c1-17(2)22(26-32(30,31)21-11-9-18(3)10-12-21)24(29)27-15-13-20(14-16-27)25-23(28)19-7-5-4-6-8-19/h4-12,17,20,22,26H,13-16H2,1-3H3,(H,25,28). The van der Waals surface area contributed by atoms with Crippen LogP contribution < -0.4 is 10.0 Å². The molecule has 0 bridgehead atoms. The number of amides is 2. The van der Waals surface area contributed by atoms with E-state index in [4.69, 9.17) is 0 Å². The number of rotatable bonds is 7. The summed E-state index contributed by atoms with van der Waals surface area (Å²) in [5, 5.41) is 3.02. The third-order valence-corrected chi connectivity index (χ3v) is 7.18. The molecule has 3 rings (SSSR count). The Kier molecular flexibility index (Phi) is 7.69. The van der Waals surface area contributed by atoms with Gasteiger partial charge in [0.1, 0.15) is 6.04 Å². The van der Waals surface area contributed by atoms with Gasteiger partial charge in [-0.1, -0.05) is 49.7 Å². The number of carbonyl (C=O) groups is 2. The Morgan fingerprint density at radius 2 is 1.56 bits per heavy atom. The molecule has 32 heavy (non-hydrogen) atoms. The molecule has 2 N–H and O–H groups in total. The second-order valence-electron chi connectivity index (χ2n) is 8.60. The molecule has 1 saturated heterocycles. The van der Waals surface area contributed by atoms with Crippen molar-refractivity contribution in [2.75, 3.05) is 13.1 Å². The molecule has 172 valence electrons. The molecule has 2 aromatic rings. The van der Waals surface area contributed by atoms with E-state index in [2.05, 4.69) is 10.0 Å². The van der Waals surface area contributed by atoms with Gasteiger partial charge in [0.2, 0.25) is 15.9 Å². The van der Waals surface area contributed by atoms with Crippen molar-refractivity contribution in [2.45, 2.75) is 50.6 Å². The molecule has 1 heterocycles. The highest BCUT2D eigenvalue weighted by molar-refractivity contribution is 7.89. The minimum Gasteiger partial charge on any atom is -0.349 e. The zero-order valence-electron chi connectivity index (χ0n) is 18.7. The quantitative estimate of drug-likeness (QED) is 0.668. The maximum absolute atomic E-state index is 13.2. The van der Waals surface area contributed by atoms with Gasteiger partial charge in [0.05, 0.1) is 4.90 Å². The number of sulfonamides is 1. The molecule has 1 aliphatic heterocycles. The normalized spacial score (nSPS) is 16.1. The second kappa shape index (κ2) is 10.3. The summed E-state index contributed by atoms with van der Waals surface area (Å²) < 4.78 is 28.3. The molecule has 1 aliphatic rings. The molecule has 0 aromatic heterocycles. The van der Waals surface area contributed by atoms with E-state index in [1.807, 2.05) is 39.0 Å². The Morgan fingerprint density at radius 1 is 0.969 bits per heavy atom. The fourth-order valence-corrected chi connectivity index (χ4v) is 5.06. The molecule has 0 radical (unpaired) electrons. The van der Waals surface area contributed by atoms with Crippen LogP contribution in [0, 0.1) is 12.8 Å². The van der Waals surface area contributed by atoms with Gasteiger partial charge in [0, 0.05) is 24.7 Å². The highest BCUT2D eigenvalue weighted by atomic mass is 32.2. The van der Waals surface area contributed by atoms with Crippen LogP contribution in [0.25, 0.3) is 0 Å². The van der Waals surface area contributed by atoms with Gasteiger partial charge in [0.25, 0.3) is 5.91 Å². The Balaban J connectivity index is 1.60. The van der Waals surface area contributed by atoms with Crippen LogP contribution in [0.3, 0.4) is 0 Å². The number of carbonyl (C=O) groups excluding carboxylic acids is 2. The first-order valence-electron chi connectivity index (χ1n) is 10.9. The Hall–Kier alpha value is -2.71. The van der Waals surface area contributed by atoms with Gasteiger partial charge >= 0.3 is 0 Å². The van der Waals surface area contributed by atoms with Gasteiger partial charge in [0.15, 0.2) is 0 Å². The molecule has 0 aliphatic carbocycles. The van der Waals surface area contributed by atoms with E-state index >= 15 is 0 Å². The van der Waals surface area contributed by atoms with Crippen molar-refractivity contribution >= 4 is 21.8 Å². The minimum atomic E-state index is -3.82. The zero-order chi connectivity index (χ0) is 23.3. The maximum atomic E-state index is 13.2. The number of likely N-dealkylation sites (tertiary alicyclic amines) is 1. The van der Waals surface area contributed by atoms with Crippen LogP contribution in [-0.2, 0) is 14.8 Å². The first-order valence-corrected chi connectivity index (χ1v) is 12.4. The van der Waals surface area contributed by atoms with Crippen LogP contribution in [0.15, 0.2) is 59.5 Å². The van der Waals surface area contributed by atoms with Crippen molar-refractivity contribution in [3.05, 3.63) is 65.7 Å². The van der Waals surface area contributed by atoms with Crippen molar-refractivity contribution in [3.63, 3.8) is 0 Å². The van der Waals surface area contributed by atoms with Crippen LogP contribution in [-0.4, -0.2) is 50.3 Å². The summed E-state index contributed by atoms with van der Waals surface area (Å²) in [5.41, 5.74) is 1.57. The summed E-state index contributed by atoms with van der Waals surface area (Å²) in [5.74, 6) is -0.567. The number of nitrogens with zero attached hydrogens (tertiary/aromatic N) is 1. The number of nitrogens with one attached hydrogen (secondary N) is 2. The lowest BCUT2D eigenvalue weighted by molar-refractivity contribution is -0.135. The second-order valence-corrected chi connectivity index (χ2v) is 10.3. The molecule has 1 atom stereocenters. The van der Waals surface area contributed by atoms with E-state index in [9.17, 15) is 18.0 Å². The fourth-order valence-electron chi connectivity index (χ4n) is 3.72. The number of benzene rings is 2. The van der Waals surface area contributed by atoms with Crippen molar-refractivity contribution in [1.82, 2.24) is 14.9 Å². The third kappa shape index (κ3) is 5.95. The predicted molar refractivity (Wildman–Crippen MR) is 124 cm³/mol. The lowest BCUT2D eigenvalue weighted by Crippen LogP contribution is -2.54. The summed E-state index contributed by atoms with van der Waals surface area (Å²) >= 11 is 0. The van der Waals surface area contributed by atoms with Crippen molar-refractivity contribution < 1.29 is 18.0 Å². The van der Waals surface area contributed by atoms with Crippen LogP contribution in [0.2, 0.25) is 0 Å². The molecule has 0 spiro atoms. The molecule has 2 aromatic carbocycles. The summed E-state index contributed by atoms with van der Waals surface area (Å²) in [6.45, 7) is 6.47. The van der Waals surface area contributed by atoms with E-state index in [1.165, 1.54) is 0 Å². The van der Waals surface area contributed by atoms with Crippen molar-refractivity contribution in [1.29, 1.82) is 0 Å². The van der Waals surface area contributed by atoms with Crippen LogP contribution >= 0.6 is 0 Å². The zero-order valence-corrected chi connectivity index (χ0v) is 19.6. The average molecular weight is 458 g/mol. The molecule has 1 unspecified atom stereocenters. The molecule has 7 nitrogen and oxygen atoms in total. The largest absolute Gasteiger partial charge is 0.349 e. The monoisotopic (exact) mass is 457 g/mol. The van der Waals surface area contributed by atoms with Crippen molar-refractivity contribution in [2.24, 2.45) is 5.92 Å². The summed E-state index contributed by atoms with van der Waals surface area (Å²) in [7, 11) is -3.82. The van der Waals surface area contributed by atoms with Crippen LogP contribution in [0.4, 0.5) is 0 Å².